The Morgan fingerprint density at radius 1 is 0.944 bits per heavy atom. The Hall–Kier alpha value is -4.06. The summed E-state index contributed by atoms with van der Waals surface area (Å²) in [7, 11) is 0. The molecular formula is C30H30N2O4. The predicted molar refractivity (Wildman–Crippen MR) is 141 cm³/mol. The van der Waals surface area contributed by atoms with Gasteiger partial charge in [-0.1, -0.05) is 48.0 Å². The minimum atomic E-state index is -0.413. The van der Waals surface area contributed by atoms with Crippen LogP contribution in [-0.2, 0) is 9.59 Å². The van der Waals surface area contributed by atoms with Gasteiger partial charge in [0.2, 0.25) is 0 Å². The van der Waals surface area contributed by atoms with Crippen LogP contribution in [0.2, 0.25) is 0 Å². The van der Waals surface area contributed by atoms with Crippen molar-refractivity contribution in [3.05, 3.63) is 94.7 Å². The van der Waals surface area contributed by atoms with Crippen molar-refractivity contribution in [2.45, 2.75) is 45.6 Å². The number of rotatable bonds is 5. The molecule has 0 saturated heterocycles. The van der Waals surface area contributed by atoms with Gasteiger partial charge in [-0.15, -0.1) is 0 Å². The summed E-state index contributed by atoms with van der Waals surface area (Å²) in [5, 5.41) is 7.17. The van der Waals surface area contributed by atoms with E-state index in [2.05, 4.69) is 41.8 Å². The van der Waals surface area contributed by atoms with Crippen LogP contribution >= 0.6 is 0 Å². The van der Waals surface area contributed by atoms with E-state index in [9.17, 15) is 9.59 Å². The summed E-state index contributed by atoms with van der Waals surface area (Å²) in [6, 6.07) is 21.5. The number of benzene rings is 3. The predicted octanol–water partition coefficient (Wildman–Crippen LogP) is 6.30. The topological polar surface area (TPSA) is 76.7 Å². The summed E-state index contributed by atoms with van der Waals surface area (Å²) in [4.78, 5) is 25.3. The molecule has 0 bridgehead atoms. The summed E-state index contributed by atoms with van der Waals surface area (Å²) < 4.78 is 11.1. The third-order valence-electron chi connectivity index (χ3n) is 6.71. The van der Waals surface area contributed by atoms with Gasteiger partial charge in [0, 0.05) is 24.6 Å². The van der Waals surface area contributed by atoms with E-state index < -0.39 is 5.97 Å². The number of hydrogen-bond acceptors (Lipinski definition) is 6. The molecule has 2 N–H and O–H groups in total. The van der Waals surface area contributed by atoms with E-state index >= 15 is 0 Å². The molecule has 0 radical (unpaired) electrons. The van der Waals surface area contributed by atoms with Crippen LogP contribution in [0, 0.1) is 6.92 Å². The van der Waals surface area contributed by atoms with Gasteiger partial charge < -0.3 is 20.1 Å². The molecule has 1 heterocycles. The number of carbonyl (C=O) groups excluding carboxylic acids is 2. The van der Waals surface area contributed by atoms with Crippen LogP contribution in [0.5, 0.6) is 11.5 Å². The van der Waals surface area contributed by atoms with Crippen LogP contribution in [0.15, 0.2) is 78.0 Å². The molecule has 6 nitrogen and oxygen atoms in total. The second kappa shape index (κ2) is 9.90. The van der Waals surface area contributed by atoms with E-state index in [-0.39, 0.29) is 17.7 Å². The number of para-hydroxylation sites is 2. The van der Waals surface area contributed by atoms with Crippen molar-refractivity contribution in [3.8, 4) is 11.5 Å². The Balaban J connectivity index is 1.59. The molecule has 2 unspecified atom stereocenters. The first kappa shape index (κ1) is 23.7. The van der Waals surface area contributed by atoms with Gasteiger partial charge in [-0.3, -0.25) is 9.59 Å². The van der Waals surface area contributed by atoms with Gasteiger partial charge in [-0.2, -0.15) is 0 Å². The van der Waals surface area contributed by atoms with Crippen molar-refractivity contribution in [1.82, 2.24) is 0 Å². The Morgan fingerprint density at radius 2 is 1.67 bits per heavy atom. The number of aryl methyl sites for hydroxylation is 1. The van der Waals surface area contributed by atoms with Crippen LogP contribution in [0.1, 0.15) is 55.3 Å². The first-order valence-electron chi connectivity index (χ1n) is 12.3. The SMILES string of the molecule is CCOc1cc(C2Nc3ccccc3NC3=C2C(=O)CC(c2ccc(C)cc2)C3)ccc1OC(C)=O. The molecule has 3 aromatic rings. The van der Waals surface area contributed by atoms with Crippen molar-refractivity contribution in [1.29, 1.82) is 0 Å². The molecule has 2 aliphatic rings. The molecule has 184 valence electrons. The van der Waals surface area contributed by atoms with E-state index in [4.69, 9.17) is 9.47 Å². The standard InChI is InChI=1S/C30H30N2O4/c1-4-35-28-17-21(13-14-27(28)36-19(3)33)30-29-25(31-23-7-5-6-8-24(23)32-30)15-22(16-26(29)34)20-11-9-18(2)10-12-20/h5-14,17,22,30-32H,4,15-16H2,1-3H3. The number of nitrogens with one attached hydrogen (secondary N) is 2. The molecule has 5 rings (SSSR count). The maximum atomic E-state index is 13.8. The smallest absolute Gasteiger partial charge is 0.308 e. The molecule has 2 atom stereocenters. The number of hydrogen-bond donors (Lipinski definition) is 2. The Kier molecular flexibility index (Phi) is 6.51. The molecule has 0 fully saturated rings. The molecule has 0 amide bonds. The first-order chi connectivity index (χ1) is 17.4. The van der Waals surface area contributed by atoms with E-state index in [1.807, 2.05) is 43.3 Å². The largest absolute Gasteiger partial charge is 0.490 e. The summed E-state index contributed by atoms with van der Waals surface area (Å²) in [6.45, 7) is 5.73. The minimum absolute atomic E-state index is 0.112. The summed E-state index contributed by atoms with van der Waals surface area (Å²) in [5.41, 5.74) is 6.76. The normalized spacial score (nSPS) is 18.8. The van der Waals surface area contributed by atoms with Gasteiger partial charge in [0.25, 0.3) is 0 Å². The second-order valence-corrected chi connectivity index (χ2v) is 9.31. The highest BCUT2D eigenvalue weighted by Crippen LogP contribution is 2.45. The fraction of sp³-hybridized carbons (Fsp3) is 0.267. The zero-order chi connectivity index (χ0) is 25.2. The molecule has 0 spiro atoms. The molecule has 6 heteroatoms. The summed E-state index contributed by atoms with van der Waals surface area (Å²) in [6.07, 6.45) is 1.18. The Morgan fingerprint density at radius 3 is 2.39 bits per heavy atom. The van der Waals surface area contributed by atoms with Gasteiger partial charge in [0.15, 0.2) is 17.3 Å². The third-order valence-corrected chi connectivity index (χ3v) is 6.71. The van der Waals surface area contributed by atoms with Crippen molar-refractivity contribution in [2.24, 2.45) is 0 Å². The lowest BCUT2D eigenvalue weighted by molar-refractivity contribution is -0.132. The van der Waals surface area contributed by atoms with Gasteiger partial charge in [-0.05, 0) is 61.6 Å². The highest BCUT2D eigenvalue weighted by molar-refractivity contribution is 6.01. The van der Waals surface area contributed by atoms with Crippen LogP contribution in [0.25, 0.3) is 0 Å². The number of esters is 1. The third kappa shape index (κ3) is 4.71. The van der Waals surface area contributed by atoms with Crippen LogP contribution in [-0.4, -0.2) is 18.4 Å². The Labute approximate surface area is 211 Å². The highest BCUT2D eigenvalue weighted by atomic mass is 16.6. The maximum absolute atomic E-state index is 13.8. The molecule has 1 aliphatic carbocycles. The number of ketones is 1. The van der Waals surface area contributed by atoms with Crippen molar-refractivity contribution < 1.29 is 19.1 Å². The fourth-order valence-corrected chi connectivity index (χ4v) is 5.03. The van der Waals surface area contributed by atoms with E-state index in [0.717, 1.165) is 34.6 Å². The minimum Gasteiger partial charge on any atom is -0.490 e. The lowest BCUT2D eigenvalue weighted by atomic mass is 9.78. The number of carbonyl (C=O) groups is 2. The van der Waals surface area contributed by atoms with Crippen molar-refractivity contribution >= 4 is 23.1 Å². The first-order valence-corrected chi connectivity index (χ1v) is 12.3. The number of anilines is 2. The van der Waals surface area contributed by atoms with E-state index in [1.54, 1.807) is 6.07 Å². The molecule has 1 aliphatic heterocycles. The molecular weight excluding hydrogens is 452 g/mol. The van der Waals surface area contributed by atoms with Crippen LogP contribution < -0.4 is 20.1 Å². The summed E-state index contributed by atoms with van der Waals surface area (Å²) in [5.74, 6) is 0.649. The average Bonchev–Trinajstić information content (AvgIpc) is 3.02. The van der Waals surface area contributed by atoms with E-state index in [0.29, 0.717) is 24.5 Å². The van der Waals surface area contributed by atoms with E-state index in [1.165, 1.54) is 18.1 Å². The van der Waals surface area contributed by atoms with Gasteiger partial charge in [0.1, 0.15) is 0 Å². The van der Waals surface area contributed by atoms with Crippen molar-refractivity contribution in [2.75, 3.05) is 17.2 Å². The number of Topliss-reactive ketones (excluding diaryl/α,β-unsaturated/α-hetero) is 1. The lowest BCUT2D eigenvalue weighted by Gasteiger charge is -2.30. The quantitative estimate of drug-likeness (QED) is 0.328. The molecule has 36 heavy (non-hydrogen) atoms. The van der Waals surface area contributed by atoms with Crippen molar-refractivity contribution in [3.63, 3.8) is 0 Å². The molecule has 3 aromatic carbocycles. The Bertz CT molecular complexity index is 1340. The molecule has 0 aromatic heterocycles. The highest BCUT2D eigenvalue weighted by Gasteiger charge is 2.36. The lowest BCUT2D eigenvalue weighted by Crippen LogP contribution is -2.27. The molecule has 0 saturated carbocycles. The fourth-order valence-electron chi connectivity index (χ4n) is 5.03. The van der Waals surface area contributed by atoms with Gasteiger partial charge >= 0.3 is 5.97 Å². The van der Waals surface area contributed by atoms with Crippen LogP contribution in [0.3, 0.4) is 0 Å². The number of allylic oxidation sites excluding steroid dienone is 1. The van der Waals surface area contributed by atoms with Gasteiger partial charge in [-0.25, -0.2) is 0 Å². The average molecular weight is 483 g/mol. The monoisotopic (exact) mass is 482 g/mol. The number of ether oxygens (including phenoxy) is 2. The number of fused-ring (bicyclic) bond motifs is 1. The zero-order valence-electron chi connectivity index (χ0n) is 20.8. The second-order valence-electron chi connectivity index (χ2n) is 9.31. The maximum Gasteiger partial charge on any atom is 0.308 e. The van der Waals surface area contributed by atoms with Crippen LogP contribution in [0.4, 0.5) is 11.4 Å². The zero-order valence-corrected chi connectivity index (χ0v) is 20.8. The summed E-state index contributed by atoms with van der Waals surface area (Å²) >= 11 is 0. The van der Waals surface area contributed by atoms with Gasteiger partial charge in [0.05, 0.1) is 24.0 Å².